The number of hydrogen-bond acceptors (Lipinski definition) is 3. The van der Waals surface area contributed by atoms with E-state index >= 15 is 0 Å². The summed E-state index contributed by atoms with van der Waals surface area (Å²) < 4.78 is 33.2. The van der Waals surface area contributed by atoms with E-state index in [0.29, 0.717) is 11.4 Å². The molecule has 4 nitrogen and oxygen atoms in total. The molecule has 0 saturated carbocycles. The second-order valence-corrected chi connectivity index (χ2v) is 8.22. The lowest BCUT2D eigenvalue weighted by molar-refractivity contribution is 0.482. The third-order valence-corrected chi connectivity index (χ3v) is 5.98. The SMILES string of the molecule is CN(c1ccc(Oc2ccccc2)cc1)S(=O)(=O)c1ccc(Br)cc1. The molecule has 0 aliphatic rings. The van der Waals surface area contributed by atoms with Gasteiger partial charge in [-0.15, -0.1) is 0 Å². The summed E-state index contributed by atoms with van der Waals surface area (Å²) in [5, 5.41) is 0. The molecule has 0 heterocycles. The largest absolute Gasteiger partial charge is 0.457 e. The van der Waals surface area contributed by atoms with Gasteiger partial charge in [0.15, 0.2) is 0 Å². The Kier molecular flexibility index (Phi) is 5.11. The van der Waals surface area contributed by atoms with E-state index in [-0.39, 0.29) is 4.90 Å². The second-order valence-electron chi connectivity index (χ2n) is 5.34. The van der Waals surface area contributed by atoms with Crippen LogP contribution in [0.5, 0.6) is 11.5 Å². The highest BCUT2D eigenvalue weighted by molar-refractivity contribution is 9.10. The van der Waals surface area contributed by atoms with E-state index in [0.717, 1.165) is 10.2 Å². The average Bonchev–Trinajstić information content (AvgIpc) is 2.63. The summed E-state index contributed by atoms with van der Waals surface area (Å²) in [5.74, 6) is 1.37. The molecular formula is C19H16BrNO3S. The van der Waals surface area contributed by atoms with Crippen LogP contribution in [0.2, 0.25) is 0 Å². The Morgan fingerprint density at radius 1 is 0.800 bits per heavy atom. The van der Waals surface area contributed by atoms with Gasteiger partial charge in [-0.25, -0.2) is 8.42 Å². The number of hydrogen-bond donors (Lipinski definition) is 0. The molecule has 25 heavy (non-hydrogen) atoms. The zero-order chi connectivity index (χ0) is 17.9. The maximum atomic E-state index is 12.7. The van der Waals surface area contributed by atoms with Gasteiger partial charge in [-0.3, -0.25) is 4.31 Å². The Morgan fingerprint density at radius 2 is 1.36 bits per heavy atom. The molecule has 0 radical (unpaired) electrons. The molecule has 0 bridgehead atoms. The van der Waals surface area contributed by atoms with Crippen LogP contribution in [0.25, 0.3) is 0 Å². The highest BCUT2D eigenvalue weighted by Crippen LogP contribution is 2.27. The van der Waals surface area contributed by atoms with Crippen LogP contribution in [-0.2, 0) is 10.0 Å². The number of ether oxygens (including phenoxy) is 1. The van der Waals surface area contributed by atoms with Crippen LogP contribution < -0.4 is 9.04 Å². The fraction of sp³-hybridized carbons (Fsp3) is 0.0526. The number of para-hydroxylation sites is 1. The molecule has 6 heteroatoms. The first kappa shape index (κ1) is 17.5. The van der Waals surface area contributed by atoms with Crippen molar-refractivity contribution in [1.29, 1.82) is 0 Å². The van der Waals surface area contributed by atoms with Gasteiger partial charge in [-0.1, -0.05) is 34.1 Å². The summed E-state index contributed by atoms with van der Waals surface area (Å²) in [6.07, 6.45) is 0. The van der Waals surface area contributed by atoms with Crippen LogP contribution in [-0.4, -0.2) is 15.5 Å². The maximum absolute atomic E-state index is 12.7. The number of benzene rings is 3. The first-order valence-electron chi connectivity index (χ1n) is 7.54. The average molecular weight is 418 g/mol. The lowest BCUT2D eigenvalue weighted by Crippen LogP contribution is -2.26. The maximum Gasteiger partial charge on any atom is 0.264 e. The molecule has 0 N–H and O–H groups in total. The number of anilines is 1. The summed E-state index contributed by atoms with van der Waals surface area (Å²) in [7, 11) is -2.08. The molecule has 0 amide bonds. The summed E-state index contributed by atoms with van der Waals surface area (Å²) in [6, 6.07) is 22.9. The first-order valence-corrected chi connectivity index (χ1v) is 9.77. The smallest absolute Gasteiger partial charge is 0.264 e. The molecule has 0 atom stereocenters. The van der Waals surface area contributed by atoms with Crippen molar-refractivity contribution in [3.8, 4) is 11.5 Å². The van der Waals surface area contributed by atoms with Crippen LogP contribution in [0.4, 0.5) is 5.69 Å². The van der Waals surface area contributed by atoms with Crippen molar-refractivity contribution in [1.82, 2.24) is 0 Å². The van der Waals surface area contributed by atoms with Gasteiger partial charge in [-0.2, -0.15) is 0 Å². The normalized spacial score (nSPS) is 11.1. The van der Waals surface area contributed by atoms with Gasteiger partial charge >= 0.3 is 0 Å². The topological polar surface area (TPSA) is 46.6 Å². The highest BCUT2D eigenvalue weighted by atomic mass is 79.9. The third-order valence-electron chi connectivity index (χ3n) is 3.65. The van der Waals surface area contributed by atoms with Gasteiger partial charge in [0.1, 0.15) is 11.5 Å². The molecule has 3 rings (SSSR count). The van der Waals surface area contributed by atoms with E-state index in [9.17, 15) is 8.42 Å². The van der Waals surface area contributed by atoms with E-state index < -0.39 is 10.0 Å². The van der Waals surface area contributed by atoms with Gasteiger partial charge in [-0.05, 0) is 60.7 Å². The Hall–Kier alpha value is -2.31. The molecule has 0 spiro atoms. The Labute approximate surface area is 155 Å². The van der Waals surface area contributed by atoms with Crippen LogP contribution >= 0.6 is 15.9 Å². The van der Waals surface area contributed by atoms with Crippen LogP contribution in [0.1, 0.15) is 0 Å². The van der Waals surface area contributed by atoms with Crippen molar-refractivity contribution < 1.29 is 13.2 Å². The predicted octanol–water partition coefficient (Wildman–Crippen LogP) is 5.07. The second kappa shape index (κ2) is 7.29. The van der Waals surface area contributed by atoms with E-state index in [1.165, 1.54) is 11.4 Å². The molecule has 128 valence electrons. The fourth-order valence-electron chi connectivity index (χ4n) is 2.25. The number of sulfonamides is 1. The number of rotatable bonds is 5. The van der Waals surface area contributed by atoms with Crippen LogP contribution in [0.3, 0.4) is 0 Å². The predicted molar refractivity (Wildman–Crippen MR) is 103 cm³/mol. The first-order chi connectivity index (χ1) is 12.0. The van der Waals surface area contributed by atoms with E-state index in [4.69, 9.17) is 4.74 Å². The van der Waals surface area contributed by atoms with E-state index in [1.807, 2.05) is 30.3 Å². The van der Waals surface area contributed by atoms with Crippen molar-refractivity contribution in [2.75, 3.05) is 11.4 Å². The minimum Gasteiger partial charge on any atom is -0.457 e. The Balaban J connectivity index is 1.80. The number of nitrogens with zero attached hydrogens (tertiary/aromatic N) is 1. The minimum atomic E-state index is -3.61. The van der Waals surface area contributed by atoms with Gasteiger partial charge in [0.05, 0.1) is 10.6 Å². The van der Waals surface area contributed by atoms with Gasteiger partial charge in [0.2, 0.25) is 0 Å². The van der Waals surface area contributed by atoms with Gasteiger partial charge in [0.25, 0.3) is 10.0 Å². The highest BCUT2D eigenvalue weighted by Gasteiger charge is 2.21. The summed E-state index contributed by atoms with van der Waals surface area (Å²) in [5.41, 5.74) is 0.559. The van der Waals surface area contributed by atoms with E-state index in [1.54, 1.807) is 48.5 Å². The monoisotopic (exact) mass is 417 g/mol. The summed E-state index contributed by atoms with van der Waals surface area (Å²) >= 11 is 3.31. The lowest BCUT2D eigenvalue weighted by Gasteiger charge is -2.20. The molecule has 0 fully saturated rings. The lowest BCUT2D eigenvalue weighted by atomic mass is 10.3. The fourth-order valence-corrected chi connectivity index (χ4v) is 3.71. The molecule has 3 aromatic carbocycles. The van der Waals surface area contributed by atoms with Crippen LogP contribution in [0.15, 0.2) is 88.2 Å². The van der Waals surface area contributed by atoms with Crippen molar-refractivity contribution in [3.63, 3.8) is 0 Å². The molecule has 0 unspecified atom stereocenters. The quantitative estimate of drug-likeness (QED) is 0.582. The molecule has 0 saturated heterocycles. The molecule has 0 aliphatic carbocycles. The minimum absolute atomic E-state index is 0.239. The zero-order valence-corrected chi connectivity index (χ0v) is 15.9. The van der Waals surface area contributed by atoms with Gasteiger partial charge in [0, 0.05) is 11.5 Å². The third kappa shape index (κ3) is 4.03. The van der Waals surface area contributed by atoms with Gasteiger partial charge < -0.3 is 4.74 Å². The van der Waals surface area contributed by atoms with E-state index in [2.05, 4.69) is 15.9 Å². The van der Waals surface area contributed by atoms with Crippen molar-refractivity contribution in [3.05, 3.63) is 83.3 Å². The van der Waals surface area contributed by atoms with Crippen molar-refractivity contribution >= 4 is 31.6 Å². The molecule has 0 aromatic heterocycles. The zero-order valence-electron chi connectivity index (χ0n) is 13.5. The molecular weight excluding hydrogens is 402 g/mol. The Morgan fingerprint density at radius 3 is 1.96 bits per heavy atom. The molecule has 3 aromatic rings. The van der Waals surface area contributed by atoms with Crippen LogP contribution in [0, 0.1) is 0 Å². The molecule has 0 aliphatic heterocycles. The summed E-state index contributed by atoms with van der Waals surface area (Å²) in [4.78, 5) is 0.239. The Bertz CT molecular complexity index is 940. The standard InChI is InChI=1S/C19H16BrNO3S/c1-21(25(22,23)19-13-7-15(20)8-14-19)16-9-11-18(12-10-16)24-17-5-3-2-4-6-17/h2-14H,1H3. The van der Waals surface area contributed by atoms with Crippen molar-refractivity contribution in [2.45, 2.75) is 4.90 Å². The van der Waals surface area contributed by atoms with Crippen molar-refractivity contribution in [2.24, 2.45) is 0 Å². The summed E-state index contributed by atoms with van der Waals surface area (Å²) in [6.45, 7) is 0. The number of halogens is 1.